The maximum atomic E-state index is 12.6. The van der Waals surface area contributed by atoms with E-state index in [2.05, 4.69) is 16.5 Å². The van der Waals surface area contributed by atoms with Crippen LogP contribution in [0.1, 0.15) is 32.1 Å². The average Bonchev–Trinajstić information content (AvgIpc) is 2.39. The zero-order valence-electron chi connectivity index (χ0n) is 10.1. The summed E-state index contributed by atoms with van der Waals surface area (Å²) in [5.74, 6) is 0.404. The summed E-state index contributed by atoms with van der Waals surface area (Å²) >= 11 is 1.78. The van der Waals surface area contributed by atoms with Crippen molar-refractivity contribution in [2.45, 2.75) is 36.9 Å². The maximum absolute atomic E-state index is 12.6. The Morgan fingerprint density at radius 1 is 1.19 bits per heavy atom. The highest BCUT2D eigenvalue weighted by molar-refractivity contribution is 8.00. The Morgan fingerprint density at radius 2 is 1.81 bits per heavy atom. The molecule has 0 aromatic carbocycles. The van der Waals surface area contributed by atoms with Gasteiger partial charge in [-0.2, -0.15) is 0 Å². The molecule has 1 amide bonds. The highest BCUT2D eigenvalue weighted by Crippen LogP contribution is 2.40. The van der Waals surface area contributed by atoms with E-state index in [1.54, 1.807) is 11.8 Å². The van der Waals surface area contributed by atoms with Gasteiger partial charge in [0.15, 0.2) is 0 Å². The highest BCUT2D eigenvalue weighted by Gasteiger charge is 2.41. The minimum absolute atomic E-state index is 0.0877. The van der Waals surface area contributed by atoms with Crippen molar-refractivity contribution in [1.82, 2.24) is 10.2 Å². The molecular weight excluding hydrogens is 220 g/mol. The summed E-state index contributed by atoms with van der Waals surface area (Å²) < 4.78 is -0.0877. The molecule has 2 fully saturated rings. The van der Waals surface area contributed by atoms with Crippen LogP contribution in [-0.2, 0) is 4.79 Å². The van der Waals surface area contributed by atoms with Crippen molar-refractivity contribution in [2.24, 2.45) is 0 Å². The molecule has 1 N–H and O–H groups in total. The number of rotatable bonds is 2. The fourth-order valence-electron chi connectivity index (χ4n) is 2.78. The summed E-state index contributed by atoms with van der Waals surface area (Å²) in [6.07, 6.45) is 8.01. The number of thioether (sulfide) groups is 1. The monoisotopic (exact) mass is 242 g/mol. The molecule has 2 aliphatic rings. The van der Waals surface area contributed by atoms with Crippen LogP contribution in [0.4, 0.5) is 0 Å². The average molecular weight is 242 g/mol. The fourth-order valence-corrected chi connectivity index (χ4v) is 3.78. The molecule has 1 aliphatic heterocycles. The van der Waals surface area contributed by atoms with Crippen molar-refractivity contribution < 1.29 is 4.79 Å². The largest absolute Gasteiger partial charge is 0.339 e. The second-order valence-electron chi connectivity index (χ2n) is 4.80. The lowest BCUT2D eigenvalue weighted by Crippen LogP contribution is -2.54. The molecular formula is C12H22N2OS. The van der Waals surface area contributed by atoms with Crippen LogP contribution >= 0.6 is 11.8 Å². The summed E-state index contributed by atoms with van der Waals surface area (Å²) in [7, 11) is 0. The van der Waals surface area contributed by atoms with Crippen LogP contribution in [0.5, 0.6) is 0 Å². The van der Waals surface area contributed by atoms with Crippen molar-refractivity contribution in [3.05, 3.63) is 0 Å². The minimum Gasteiger partial charge on any atom is -0.339 e. The second-order valence-corrected chi connectivity index (χ2v) is 5.99. The van der Waals surface area contributed by atoms with Gasteiger partial charge in [0.05, 0.1) is 4.75 Å². The smallest absolute Gasteiger partial charge is 0.238 e. The van der Waals surface area contributed by atoms with E-state index >= 15 is 0 Å². The van der Waals surface area contributed by atoms with Gasteiger partial charge in [-0.15, -0.1) is 11.8 Å². The van der Waals surface area contributed by atoms with Gasteiger partial charge in [0, 0.05) is 26.2 Å². The van der Waals surface area contributed by atoms with Crippen LogP contribution in [0.15, 0.2) is 0 Å². The summed E-state index contributed by atoms with van der Waals surface area (Å²) in [5, 5.41) is 3.30. The van der Waals surface area contributed by atoms with Crippen LogP contribution in [-0.4, -0.2) is 48.0 Å². The van der Waals surface area contributed by atoms with E-state index < -0.39 is 0 Å². The molecule has 4 heteroatoms. The van der Waals surface area contributed by atoms with Gasteiger partial charge in [0.2, 0.25) is 5.91 Å². The molecule has 0 bridgehead atoms. The zero-order valence-corrected chi connectivity index (χ0v) is 10.9. The SMILES string of the molecule is CSC1(C(=O)N2CCNCC2)CCCCC1. The van der Waals surface area contributed by atoms with Gasteiger partial charge >= 0.3 is 0 Å². The normalized spacial score (nSPS) is 25.4. The highest BCUT2D eigenvalue weighted by atomic mass is 32.2. The number of carbonyl (C=O) groups is 1. The van der Waals surface area contributed by atoms with Crippen LogP contribution in [0.3, 0.4) is 0 Å². The maximum Gasteiger partial charge on any atom is 0.238 e. The third-order valence-electron chi connectivity index (χ3n) is 3.85. The number of nitrogens with zero attached hydrogens (tertiary/aromatic N) is 1. The van der Waals surface area contributed by atoms with Crippen molar-refractivity contribution in [1.29, 1.82) is 0 Å². The summed E-state index contributed by atoms with van der Waals surface area (Å²) in [6.45, 7) is 3.69. The summed E-state index contributed by atoms with van der Waals surface area (Å²) in [6, 6.07) is 0. The molecule has 0 radical (unpaired) electrons. The van der Waals surface area contributed by atoms with Crippen molar-refractivity contribution >= 4 is 17.7 Å². The Morgan fingerprint density at radius 3 is 2.38 bits per heavy atom. The quantitative estimate of drug-likeness (QED) is 0.796. The van der Waals surface area contributed by atoms with Crippen LogP contribution < -0.4 is 5.32 Å². The Bertz CT molecular complexity index is 245. The van der Waals surface area contributed by atoms with E-state index in [1.165, 1.54) is 19.3 Å². The number of hydrogen-bond acceptors (Lipinski definition) is 3. The van der Waals surface area contributed by atoms with E-state index in [1.807, 2.05) is 0 Å². The van der Waals surface area contributed by atoms with Crippen molar-refractivity contribution in [3.63, 3.8) is 0 Å². The number of carbonyl (C=O) groups excluding carboxylic acids is 1. The predicted octanol–water partition coefficient (Wildman–Crippen LogP) is 1.48. The Balaban J connectivity index is 2.04. The molecule has 0 unspecified atom stereocenters. The van der Waals surface area contributed by atoms with Gasteiger partial charge < -0.3 is 10.2 Å². The van der Waals surface area contributed by atoms with Gasteiger partial charge in [-0.1, -0.05) is 19.3 Å². The van der Waals surface area contributed by atoms with E-state index in [0.29, 0.717) is 5.91 Å². The summed E-state index contributed by atoms with van der Waals surface area (Å²) in [5.41, 5.74) is 0. The van der Waals surface area contributed by atoms with E-state index in [-0.39, 0.29) is 4.75 Å². The van der Waals surface area contributed by atoms with Crippen LogP contribution in [0.25, 0.3) is 0 Å². The fraction of sp³-hybridized carbons (Fsp3) is 0.917. The predicted molar refractivity (Wildman–Crippen MR) is 68.8 cm³/mol. The molecule has 92 valence electrons. The molecule has 0 spiro atoms. The van der Waals surface area contributed by atoms with Crippen LogP contribution in [0, 0.1) is 0 Å². The third-order valence-corrected chi connectivity index (χ3v) is 5.21. The molecule has 16 heavy (non-hydrogen) atoms. The number of piperazine rings is 1. The molecule has 1 saturated carbocycles. The third kappa shape index (κ3) is 2.38. The van der Waals surface area contributed by atoms with Gasteiger partial charge in [-0.05, 0) is 19.1 Å². The number of hydrogen-bond donors (Lipinski definition) is 1. The number of amides is 1. The Kier molecular flexibility index (Phi) is 4.14. The molecule has 2 rings (SSSR count). The lowest BCUT2D eigenvalue weighted by atomic mass is 9.87. The Labute approximate surface area is 102 Å². The first kappa shape index (κ1) is 12.2. The van der Waals surface area contributed by atoms with Gasteiger partial charge in [-0.25, -0.2) is 0 Å². The van der Waals surface area contributed by atoms with Crippen molar-refractivity contribution in [3.8, 4) is 0 Å². The molecule has 0 aromatic heterocycles. The minimum atomic E-state index is -0.0877. The first-order valence-corrected chi connectivity index (χ1v) is 7.56. The van der Waals surface area contributed by atoms with Gasteiger partial charge in [0.25, 0.3) is 0 Å². The second kappa shape index (κ2) is 5.41. The van der Waals surface area contributed by atoms with E-state index in [0.717, 1.165) is 39.0 Å². The standard InChI is InChI=1S/C12H22N2OS/c1-16-12(5-3-2-4-6-12)11(15)14-9-7-13-8-10-14/h13H,2-10H2,1H3. The number of nitrogens with one attached hydrogen (secondary N) is 1. The zero-order chi connectivity index (χ0) is 11.4. The topological polar surface area (TPSA) is 32.3 Å². The molecule has 0 aromatic rings. The first-order chi connectivity index (χ1) is 7.78. The lowest BCUT2D eigenvalue weighted by molar-refractivity contribution is -0.135. The van der Waals surface area contributed by atoms with E-state index in [4.69, 9.17) is 0 Å². The molecule has 0 atom stereocenters. The molecule has 3 nitrogen and oxygen atoms in total. The molecule has 1 aliphatic carbocycles. The molecule has 1 heterocycles. The van der Waals surface area contributed by atoms with Crippen molar-refractivity contribution in [2.75, 3.05) is 32.4 Å². The molecule has 1 saturated heterocycles. The Hall–Kier alpha value is -0.220. The van der Waals surface area contributed by atoms with Gasteiger partial charge in [-0.3, -0.25) is 4.79 Å². The first-order valence-electron chi connectivity index (χ1n) is 6.34. The van der Waals surface area contributed by atoms with E-state index in [9.17, 15) is 4.79 Å². The van der Waals surface area contributed by atoms with Gasteiger partial charge in [0.1, 0.15) is 0 Å². The van der Waals surface area contributed by atoms with Crippen LogP contribution in [0.2, 0.25) is 0 Å². The lowest BCUT2D eigenvalue weighted by Gasteiger charge is -2.40. The summed E-state index contributed by atoms with van der Waals surface area (Å²) in [4.78, 5) is 14.7.